The van der Waals surface area contributed by atoms with E-state index in [1.165, 1.54) is 17.7 Å². The van der Waals surface area contributed by atoms with E-state index in [1.807, 2.05) is 16.7 Å². The molecule has 1 aromatic carbocycles. The minimum absolute atomic E-state index is 0.128. The Morgan fingerprint density at radius 2 is 1.92 bits per heavy atom. The van der Waals surface area contributed by atoms with E-state index in [0.29, 0.717) is 11.8 Å². The maximum Gasteiger partial charge on any atom is 0.250 e. The summed E-state index contributed by atoms with van der Waals surface area (Å²) in [6.07, 6.45) is 0.860. The van der Waals surface area contributed by atoms with Crippen LogP contribution in [0.5, 0.6) is 0 Å². The fourth-order valence-corrected chi connectivity index (χ4v) is 5.31. The van der Waals surface area contributed by atoms with Crippen LogP contribution in [-0.2, 0) is 12.3 Å². The Morgan fingerprint density at radius 3 is 2.77 bits per heavy atom. The van der Waals surface area contributed by atoms with Crippen LogP contribution in [0.3, 0.4) is 0 Å². The number of piperidine rings is 1. The molecule has 0 amide bonds. The number of hydrogen-bond donors (Lipinski definition) is 1. The van der Waals surface area contributed by atoms with Gasteiger partial charge >= 0.3 is 0 Å². The number of aromatic nitrogens is 1. The molecule has 1 N–H and O–H groups in total. The van der Waals surface area contributed by atoms with E-state index in [4.69, 9.17) is 0 Å². The van der Waals surface area contributed by atoms with E-state index in [-0.39, 0.29) is 11.7 Å². The molecule has 5 heteroatoms. The molecular formula is C21H26N2O2S. The molecule has 0 spiro atoms. The molecule has 0 saturated carbocycles. The molecule has 0 radical (unpaired) electrons. The number of thioether (sulfide) groups is 1. The number of likely N-dealkylation sites (tertiary alicyclic amines) is 1. The number of fused-ring (bicyclic) bond motifs is 4. The molecule has 1 fully saturated rings. The number of hydrogen-bond acceptors (Lipinski definition) is 4. The second-order valence-electron chi connectivity index (χ2n) is 7.57. The number of aliphatic hydroxyl groups is 1. The molecule has 26 heavy (non-hydrogen) atoms. The van der Waals surface area contributed by atoms with Gasteiger partial charge in [-0.25, -0.2) is 0 Å². The van der Waals surface area contributed by atoms with Crippen LogP contribution >= 0.6 is 11.8 Å². The van der Waals surface area contributed by atoms with Crippen molar-refractivity contribution in [1.29, 1.82) is 0 Å². The summed E-state index contributed by atoms with van der Waals surface area (Å²) in [5, 5.41) is 10.5. The Bertz CT molecular complexity index is 792. The molecule has 2 aliphatic rings. The molecule has 138 valence electrons. The zero-order valence-electron chi connectivity index (χ0n) is 15.0. The third-order valence-corrected chi connectivity index (χ3v) is 6.60. The minimum Gasteiger partial charge on any atom is -0.391 e. The Balaban J connectivity index is 1.30. The van der Waals surface area contributed by atoms with Gasteiger partial charge in [-0.1, -0.05) is 36.4 Å². The normalized spacial score (nSPS) is 23.4. The van der Waals surface area contributed by atoms with Gasteiger partial charge < -0.3 is 9.67 Å². The average Bonchev–Trinajstić information content (AvgIpc) is 2.63. The Morgan fingerprint density at radius 1 is 1.08 bits per heavy atom. The van der Waals surface area contributed by atoms with E-state index in [1.54, 1.807) is 17.8 Å². The van der Waals surface area contributed by atoms with Gasteiger partial charge in [-0.15, -0.1) is 0 Å². The maximum absolute atomic E-state index is 12.1. The lowest BCUT2D eigenvalue weighted by atomic mass is 9.83. The van der Waals surface area contributed by atoms with Gasteiger partial charge in [-0.2, -0.15) is 11.8 Å². The van der Waals surface area contributed by atoms with E-state index in [2.05, 4.69) is 35.2 Å². The van der Waals surface area contributed by atoms with Crippen LogP contribution in [-0.4, -0.2) is 46.1 Å². The largest absolute Gasteiger partial charge is 0.391 e. The number of benzene rings is 1. The molecule has 1 saturated heterocycles. The number of nitrogens with zero attached hydrogens (tertiary/aromatic N) is 2. The highest BCUT2D eigenvalue weighted by molar-refractivity contribution is 7.98. The summed E-state index contributed by atoms with van der Waals surface area (Å²) in [4.78, 5) is 14.5. The lowest BCUT2D eigenvalue weighted by molar-refractivity contribution is 0.0717. The lowest BCUT2D eigenvalue weighted by Gasteiger charge is -2.43. The van der Waals surface area contributed by atoms with Gasteiger partial charge in [0.25, 0.3) is 5.56 Å². The first-order valence-corrected chi connectivity index (χ1v) is 10.6. The molecule has 1 unspecified atom stereocenters. The van der Waals surface area contributed by atoms with Crippen molar-refractivity contribution in [2.24, 2.45) is 5.92 Å². The predicted octanol–water partition coefficient (Wildman–Crippen LogP) is 2.56. The first kappa shape index (κ1) is 17.8. The zero-order valence-corrected chi connectivity index (χ0v) is 15.8. The van der Waals surface area contributed by atoms with Crippen LogP contribution in [0.1, 0.15) is 23.6 Å². The van der Waals surface area contributed by atoms with Gasteiger partial charge in [0.2, 0.25) is 0 Å². The average molecular weight is 371 g/mol. The summed E-state index contributed by atoms with van der Waals surface area (Å²) in [5.41, 5.74) is 2.61. The maximum atomic E-state index is 12.1. The quantitative estimate of drug-likeness (QED) is 0.849. The minimum atomic E-state index is -0.305. The molecule has 4 nitrogen and oxygen atoms in total. The standard InChI is InChI=1S/C21H26N2O2S/c24-19(15-26-14-16-5-2-1-3-6-16)13-22-10-17-9-18(12-22)20-7-4-8-21(25)23(20)11-17/h1-8,17-19,24H,9-15H2/t17-,18-,19?/m0/s1. The zero-order chi connectivity index (χ0) is 17.9. The monoisotopic (exact) mass is 370 g/mol. The molecule has 2 aromatic rings. The van der Waals surface area contributed by atoms with Gasteiger partial charge in [-0.05, 0) is 24.0 Å². The van der Waals surface area contributed by atoms with Gasteiger partial charge in [0.1, 0.15) is 0 Å². The highest BCUT2D eigenvalue weighted by Gasteiger charge is 2.34. The number of aliphatic hydroxyl groups excluding tert-OH is 1. The van der Waals surface area contributed by atoms with Crippen molar-refractivity contribution < 1.29 is 5.11 Å². The van der Waals surface area contributed by atoms with Gasteiger partial charge in [-0.3, -0.25) is 9.69 Å². The molecule has 3 atom stereocenters. The van der Waals surface area contributed by atoms with Crippen molar-refractivity contribution >= 4 is 11.8 Å². The summed E-state index contributed by atoms with van der Waals surface area (Å²) >= 11 is 1.79. The SMILES string of the molecule is O=c1cccc2n1C[C@H]1C[C@H]2CN(CC(O)CSCc2ccccc2)C1. The van der Waals surface area contributed by atoms with Gasteiger partial charge in [0.15, 0.2) is 0 Å². The molecule has 4 rings (SSSR count). The topological polar surface area (TPSA) is 45.5 Å². The smallest absolute Gasteiger partial charge is 0.250 e. The molecule has 1 aromatic heterocycles. The van der Waals surface area contributed by atoms with Crippen molar-refractivity contribution in [1.82, 2.24) is 9.47 Å². The number of β-amino-alcohol motifs (C(OH)–C–C–N with tert-alkyl or cyclic N) is 1. The highest BCUT2D eigenvalue weighted by atomic mass is 32.2. The molecule has 3 heterocycles. The third-order valence-electron chi connectivity index (χ3n) is 5.45. The summed E-state index contributed by atoms with van der Waals surface area (Å²) in [6.45, 7) is 3.48. The van der Waals surface area contributed by atoms with Crippen LogP contribution in [0.4, 0.5) is 0 Å². The lowest BCUT2D eigenvalue weighted by Crippen LogP contribution is -2.49. The Kier molecular flexibility index (Phi) is 5.48. The second-order valence-corrected chi connectivity index (χ2v) is 8.60. The van der Waals surface area contributed by atoms with E-state index in [0.717, 1.165) is 37.7 Å². The van der Waals surface area contributed by atoms with Crippen molar-refractivity contribution in [3.05, 3.63) is 70.1 Å². The van der Waals surface area contributed by atoms with Crippen molar-refractivity contribution in [3.63, 3.8) is 0 Å². The first-order chi connectivity index (χ1) is 12.7. The van der Waals surface area contributed by atoms with E-state index in [9.17, 15) is 9.90 Å². The number of rotatable bonds is 6. The van der Waals surface area contributed by atoms with Crippen molar-refractivity contribution in [2.75, 3.05) is 25.4 Å². The third kappa shape index (κ3) is 4.05. The van der Waals surface area contributed by atoms with Gasteiger partial charge in [0, 0.05) is 55.4 Å². The predicted molar refractivity (Wildman–Crippen MR) is 107 cm³/mol. The summed E-state index contributed by atoms with van der Waals surface area (Å²) < 4.78 is 1.96. The highest BCUT2D eigenvalue weighted by Crippen LogP contribution is 2.34. The fourth-order valence-electron chi connectivity index (χ4n) is 4.38. The molecular weight excluding hydrogens is 344 g/mol. The molecule has 2 bridgehead atoms. The molecule has 2 aliphatic heterocycles. The summed E-state index contributed by atoms with van der Waals surface area (Å²) in [5.74, 6) is 2.64. The summed E-state index contributed by atoms with van der Waals surface area (Å²) in [6, 6.07) is 16.0. The second kappa shape index (κ2) is 7.99. The first-order valence-electron chi connectivity index (χ1n) is 9.41. The van der Waals surface area contributed by atoms with Crippen LogP contribution in [0.15, 0.2) is 53.3 Å². The van der Waals surface area contributed by atoms with Gasteiger partial charge in [0.05, 0.1) is 6.10 Å². The fraction of sp³-hybridized carbons (Fsp3) is 0.476. The molecule has 0 aliphatic carbocycles. The number of pyridine rings is 1. The van der Waals surface area contributed by atoms with Crippen molar-refractivity contribution in [2.45, 2.75) is 30.7 Å². The Hall–Kier alpha value is -1.56. The van der Waals surface area contributed by atoms with Crippen molar-refractivity contribution in [3.8, 4) is 0 Å². The van der Waals surface area contributed by atoms with Crippen LogP contribution in [0, 0.1) is 5.92 Å². The van der Waals surface area contributed by atoms with E-state index < -0.39 is 0 Å². The van der Waals surface area contributed by atoms with Crippen LogP contribution in [0.2, 0.25) is 0 Å². The Labute approximate surface area is 158 Å². The van der Waals surface area contributed by atoms with Crippen LogP contribution < -0.4 is 5.56 Å². The van der Waals surface area contributed by atoms with E-state index >= 15 is 0 Å². The summed E-state index contributed by atoms with van der Waals surface area (Å²) in [7, 11) is 0. The van der Waals surface area contributed by atoms with Crippen LogP contribution in [0.25, 0.3) is 0 Å².